The van der Waals surface area contributed by atoms with Crippen molar-refractivity contribution in [2.24, 2.45) is 0 Å². The van der Waals surface area contributed by atoms with Crippen molar-refractivity contribution >= 4 is 33.2 Å². The molecular weight excluding hydrogens is 300 g/mol. The third kappa shape index (κ3) is 2.81. The van der Waals surface area contributed by atoms with E-state index in [1.807, 2.05) is 24.3 Å². The fourth-order valence-electron chi connectivity index (χ4n) is 2.03. The van der Waals surface area contributed by atoms with Crippen molar-refractivity contribution < 1.29 is 8.78 Å². The number of para-hydroxylation sites is 1. The van der Waals surface area contributed by atoms with Crippen molar-refractivity contribution in [1.82, 2.24) is 4.98 Å². The van der Waals surface area contributed by atoms with Gasteiger partial charge in [0.15, 0.2) is 0 Å². The Hall–Kier alpha value is -1.52. The molecule has 3 rings (SSSR count). The van der Waals surface area contributed by atoms with Gasteiger partial charge in [-0.05, 0) is 29.8 Å². The molecule has 3 aromatic rings. The average molecular weight is 310 g/mol. The number of alkyl halides is 1. The van der Waals surface area contributed by atoms with Crippen LogP contribution in [0.4, 0.5) is 8.78 Å². The first-order valence-corrected chi connectivity index (χ1v) is 7.31. The van der Waals surface area contributed by atoms with Crippen LogP contribution >= 0.6 is 22.9 Å². The largest absolute Gasteiger partial charge is 0.241 e. The van der Waals surface area contributed by atoms with E-state index >= 15 is 0 Å². The summed E-state index contributed by atoms with van der Waals surface area (Å²) in [6.45, 7) is 0. The van der Waals surface area contributed by atoms with Gasteiger partial charge in [-0.2, -0.15) is 0 Å². The molecule has 0 N–H and O–H groups in total. The summed E-state index contributed by atoms with van der Waals surface area (Å²) < 4.78 is 27.4. The SMILES string of the molecule is Fc1cc(F)cc(C(Cl)Cc2nc3ccccc3s2)c1. The number of aromatic nitrogens is 1. The molecule has 1 unspecified atom stereocenters. The van der Waals surface area contributed by atoms with Crippen LogP contribution in [0.5, 0.6) is 0 Å². The zero-order valence-electron chi connectivity index (χ0n) is 10.3. The van der Waals surface area contributed by atoms with Gasteiger partial charge in [0.25, 0.3) is 0 Å². The molecule has 0 spiro atoms. The Morgan fingerprint density at radius 3 is 2.50 bits per heavy atom. The first kappa shape index (κ1) is 13.5. The molecule has 20 heavy (non-hydrogen) atoms. The molecule has 1 nitrogen and oxygen atoms in total. The summed E-state index contributed by atoms with van der Waals surface area (Å²) in [4.78, 5) is 4.47. The highest BCUT2D eigenvalue weighted by atomic mass is 35.5. The van der Waals surface area contributed by atoms with E-state index in [0.29, 0.717) is 12.0 Å². The van der Waals surface area contributed by atoms with E-state index < -0.39 is 17.0 Å². The molecular formula is C15H10ClF2NS. The van der Waals surface area contributed by atoms with E-state index in [4.69, 9.17) is 11.6 Å². The Labute approximate surface area is 123 Å². The van der Waals surface area contributed by atoms with E-state index in [0.717, 1.165) is 21.3 Å². The molecule has 2 aromatic carbocycles. The zero-order chi connectivity index (χ0) is 14.1. The van der Waals surface area contributed by atoms with E-state index in [9.17, 15) is 8.78 Å². The van der Waals surface area contributed by atoms with Gasteiger partial charge in [-0.1, -0.05) is 12.1 Å². The van der Waals surface area contributed by atoms with Gasteiger partial charge in [-0.3, -0.25) is 0 Å². The van der Waals surface area contributed by atoms with E-state index in [2.05, 4.69) is 4.98 Å². The fraction of sp³-hybridized carbons (Fsp3) is 0.133. The first-order chi connectivity index (χ1) is 9.61. The molecule has 1 aromatic heterocycles. The van der Waals surface area contributed by atoms with Gasteiger partial charge >= 0.3 is 0 Å². The quantitative estimate of drug-likeness (QED) is 0.614. The standard InChI is InChI=1S/C15H10ClF2NS/c16-12(9-5-10(17)7-11(18)6-9)8-15-19-13-3-1-2-4-14(13)20-15/h1-7,12H,8H2. The lowest BCUT2D eigenvalue weighted by molar-refractivity contribution is 0.579. The smallest absolute Gasteiger partial charge is 0.126 e. The summed E-state index contributed by atoms with van der Waals surface area (Å²) in [5.74, 6) is -1.23. The summed E-state index contributed by atoms with van der Waals surface area (Å²) >= 11 is 7.79. The molecule has 102 valence electrons. The van der Waals surface area contributed by atoms with Crippen LogP contribution in [0, 0.1) is 11.6 Å². The number of rotatable bonds is 3. The van der Waals surface area contributed by atoms with E-state index in [1.54, 1.807) is 11.3 Å². The molecule has 0 radical (unpaired) electrons. The Morgan fingerprint density at radius 2 is 1.80 bits per heavy atom. The van der Waals surface area contributed by atoms with Crippen molar-refractivity contribution in [3.8, 4) is 0 Å². The number of halogens is 3. The summed E-state index contributed by atoms with van der Waals surface area (Å²) in [6.07, 6.45) is 0.448. The predicted octanol–water partition coefficient (Wildman–Crippen LogP) is 5.10. The third-order valence-corrected chi connectivity index (χ3v) is 4.40. The molecule has 0 aliphatic carbocycles. The van der Waals surface area contributed by atoms with Crippen molar-refractivity contribution in [2.45, 2.75) is 11.8 Å². The van der Waals surface area contributed by atoms with Gasteiger partial charge in [0.1, 0.15) is 11.6 Å². The Bertz CT molecular complexity index is 703. The first-order valence-electron chi connectivity index (χ1n) is 6.06. The number of nitrogens with zero attached hydrogens (tertiary/aromatic N) is 1. The van der Waals surface area contributed by atoms with Gasteiger partial charge in [-0.15, -0.1) is 22.9 Å². The predicted molar refractivity (Wildman–Crippen MR) is 78.3 cm³/mol. The van der Waals surface area contributed by atoms with Crippen molar-refractivity contribution in [1.29, 1.82) is 0 Å². The van der Waals surface area contributed by atoms with Crippen LogP contribution < -0.4 is 0 Å². The Morgan fingerprint density at radius 1 is 1.10 bits per heavy atom. The summed E-state index contributed by atoms with van der Waals surface area (Å²) in [5, 5.41) is 0.358. The lowest BCUT2D eigenvalue weighted by Gasteiger charge is -2.08. The summed E-state index contributed by atoms with van der Waals surface area (Å²) in [7, 11) is 0. The molecule has 5 heteroatoms. The zero-order valence-corrected chi connectivity index (χ0v) is 11.9. The van der Waals surface area contributed by atoms with Crippen LogP contribution in [0.2, 0.25) is 0 Å². The molecule has 0 saturated heterocycles. The summed E-state index contributed by atoms with van der Waals surface area (Å²) in [6, 6.07) is 11.1. The molecule has 0 fully saturated rings. The molecule has 0 amide bonds. The van der Waals surface area contributed by atoms with Gasteiger partial charge in [0.05, 0.1) is 20.6 Å². The minimum atomic E-state index is -0.616. The van der Waals surface area contributed by atoms with E-state index in [1.165, 1.54) is 12.1 Å². The maximum Gasteiger partial charge on any atom is 0.126 e. The topological polar surface area (TPSA) is 12.9 Å². The number of thiazole rings is 1. The van der Waals surface area contributed by atoms with Crippen LogP contribution in [-0.4, -0.2) is 4.98 Å². The van der Waals surface area contributed by atoms with Gasteiger partial charge in [-0.25, -0.2) is 13.8 Å². The second-order valence-corrected chi connectivity index (χ2v) is 6.09. The van der Waals surface area contributed by atoms with Gasteiger partial charge in [0.2, 0.25) is 0 Å². The molecule has 0 saturated carbocycles. The number of fused-ring (bicyclic) bond motifs is 1. The van der Waals surface area contributed by atoms with Crippen LogP contribution in [0.1, 0.15) is 15.9 Å². The normalized spacial score (nSPS) is 12.8. The van der Waals surface area contributed by atoms with Crippen molar-refractivity contribution in [3.05, 3.63) is 64.7 Å². The highest BCUT2D eigenvalue weighted by molar-refractivity contribution is 7.18. The summed E-state index contributed by atoms with van der Waals surface area (Å²) in [5.41, 5.74) is 1.35. The second kappa shape index (κ2) is 5.46. The number of hydrogen-bond donors (Lipinski definition) is 0. The highest BCUT2D eigenvalue weighted by Crippen LogP contribution is 2.30. The van der Waals surface area contributed by atoms with Crippen LogP contribution in [0.25, 0.3) is 10.2 Å². The van der Waals surface area contributed by atoms with E-state index in [-0.39, 0.29) is 0 Å². The van der Waals surface area contributed by atoms with Gasteiger partial charge in [0, 0.05) is 12.5 Å². The average Bonchev–Trinajstić information content (AvgIpc) is 2.79. The fourth-order valence-corrected chi connectivity index (χ4v) is 3.41. The maximum absolute atomic E-state index is 13.2. The van der Waals surface area contributed by atoms with Crippen LogP contribution in [0.15, 0.2) is 42.5 Å². The number of hydrogen-bond acceptors (Lipinski definition) is 2. The highest BCUT2D eigenvalue weighted by Gasteiger charge is 2.14. The number of benzene rings is 2. The lowest BCUT2D eigenvalue weighted by Crippen LogP contribution is -1.97. The molecule has 1 atom stereocenters. The molecule has 1 heterocycles. The minimum absolute atomic E-state index is 0.434. The Kier molecular flexibility index (Phi) is 3.68. The van der Waals surface area contributed by atoms with Crippen molar-refractivity contribution in [3.63, 3.8) is 0 Å². The Balaban J connectivity index is 1.86. The monoisotopic (exact) mass is 309 g/mol. The maximum atomic E-state index is 13.2. The molecule has 0 aliphatic heterocycles. The van der Waals surface area contributed by atoms with Crippen LogP contribution in [0.3, 0.4) is 0 Å². The molecule has 0 aliphatic rings. The van der Waals surface area contributed by atoms with Crippen LogP contribution in [-0.2, 0) is 6.42 Å². The van der Waals surface area contributed by atoms with Crippen molar-refractivity contribution in [2.75, 3.05) is 0 Å². The lowest BCUT2D eigenvalue weighted by atomic mass is 10.1. The minimum Gasteiger partial charge on any atom is -0.241 e. The second-order valence-electron chi connectivity index (χ2n) is 4.45. The third-order valence-electron chi connectivity index (χ3n) is 2.94. The van der Waals surface area contributed by atoms with Gasteiger partial charge < -0.3 is 0 Å². The molecule has 0 bridgehead atoms.